The average Bonchev–Trinajstić information content (AvgIpc) is 2.61. The van der Waals surface area contributed by atoms with Gasteiger partial charge in [0.15, 0.2) is 11.8 Å². The summed E-state index contributed by atoms with van der Waals surface area (Å²) in [4.78, 5) is 26.3. The second-order valence-corrected chi connectivity index (χ2v) is 7.13. The smallest absolute Gasteiger partial charge is 0.250 e. The maximum atomic E-state index is 12.7. The Kier molecular flexibility index (Phi) is 4.07. The van der Waals surface area contributed by atoms with E-state index in [2.05, 4.69) is 5.32 Å². The van der Waals surface area contributed by atoms with Crippen molar-refractivity contribution in [3.8, 4) is 5.75 Å². The predicted molar refractivity (Wildman–Crippen MR) is 95.2 cm³/mol. The van der Waals surface area contributed by atoms with Gasteiger partial charge in [0.1, 0.15) is 12.0 Å². The molecule has 2 heterocycles. The number of likely N-dealkylation sites (N-methyl/N-ethyl adjacent to an activating group) is 1. The molecule has 5 nitrogen and oxygen atoms in total. The number of ketones is 1. The van der Waals surface area contributed by atoms with E-state index < -0.39 is 6.04 Å². The van der Waals surface area contributed by atoms with Gasteiger partial charge in [-0.3, -0.25) is 9.59 Å². The highest BCUT2D eigenvalue weighted by Gasteiger charge is 2.38. The third kappa shape index (κ3) is 2.94. The highest BCUT2D eigenvalue weighted by atomic mass is 32.2. The maximum Gasteiger partial charge on any atom is 0.250 e. The normalized spacial score (nSPS) is 19.3. The minimum absolute atomic E-state index is 0.188. The van der Waals surface area contributed by atoms with Crippen LogP contribution in [-0.2, 0) is 11.2 Å². The lowest BCUT2D eigenvalue weighted by Gasteiger charge is -2.30. The molecule has 25 heavy (non-hydrogen) atoms. The molecule has 0 aromatic heterocycles. The number of amides is 1. The summed E-state index contributed by atoms with van der Waals surface area (Å²) in [5, 5.41) is 2.84. The maximum absolute atomic E-state index is 12.7. The van der Waals surface area contributed by atoms with Crippen LogP contribution in [0.1, 0.15) is 15.9 Å². The van der Waals surface area contributed by atoms with E-state index in [1.807, 2.05) is 42.5 Å². The van der Waals surface area contributed by atoms with E-state index >= 15 is 0 Å². The highest BCUT2D eigenvalue weighted by Crippen LogP contribution is 2.34. The lowest BCUT2D eigenvalue weighted by Crippen LogP contribution is -2.49. The minimum atomic E-state index is -0.863. The van der Waals surface area contributed by atoms with E-state index in [1.165, 1.54) is 18.2 Å². The fourth-order valence-electron chi connectivity index (χ4n) is 3.00. The van der Waals surface area contributed by atoms with Crippen molar-refractivity contribution in [3.05, 3.63) is 71.6 Å². The Bertz CT molecular complexity index is 894. The molecule has 0 bridgehead atoms. The molecular formula is C19H16N2O3S. The number of hydrogen-bond donors (Lipinski definition) is 1. The van der Waals surface area contributed by atoms with Crippen molar-refractivity contribution in [2.24, 2.45) is 0 Å². The van der Waals surface area contributed by atoms with Gasteiger partial charge in [-0.25, -0.2) is 4.31 Å². The Hall–Kier alpha value is -2.57. The molecule has 0 saturated carbocycles. The number of nitrogens with one attached hydrogen (secondary N) is 1. The molecule has 4 rings (SSSR count). The molecule has 0 radical (unpaired) electrons. The van der Waals surface area contributed by atoms with E-state index in [0.717, 1.165) is 16.2 Å². The zero-order valence-electron chi connectivity index (χ0n) is 13.6. The summed E-state index contributed by atoms with van der Waals surface area (Å²) >= 11 is 1.40. The van der Waals surface area contributed by atoms with Crippen LogP contribution in [-0.4, -0.2) is 29.1 Å². The van der Waals surface area contributed by atoms with Crippen molar-refractivity contribution < 1.29 is 14.3 Å². The lowest BCUT2D eigenvalue weighted by atomic mass is 10.0. The molecule has 0 spiro atoms. The summed E-state index contributed by atoms with van der Waals surface area (Å²) in [6.45, 7) is 0. The van der Waals surface area contributed by atoms with Gasteiger partial charge < -0.3 is 10.1 Å². The van der Waals surface area contributed by atoms with Crippen molar-refractivity contribution in [1.82, 2.24) is 9.62 Å². The monoisotopic (exact) mass is 352 g/mol. The Morgan fingerprint density at radius 3 is 2.84 bits per heavy atom. The summed E-state index contributed by atoms with van der Waals surface area (Å²) in [5.74, 6) is 0.256. The van der Waals surface area contributed by atoms with E-state index in [4.69, 9.17) is 4.74 Å². The number of allylic oxidation sites excluding steroid dienone is 1. The van der Waals surface area contributed by atoms with Crippen LogP contribution in [0.3, 0.4) is 0 Å². The van der Waals surface area contributed by atoms with Crippen LogP contribution in [0.4, 0.5) is 0 Å². The third-order valence-electron chi connectivity index (χ3n) is 4.22. The molecule has 0 saturated heterocycles. The second kappa shape index (κ2) is 6.38. The Morgan fingerprint density at radius 1 is 1.20 bits per heavy atom. The molecule has 2 aromatic rings. The molecule has 2 aliphatic heterocycles. The molecular weight excluding hydrogens is 336 g/mol. The molecule has 0 fully saturated rings. The van der Waals surface area contributed by atoms with E-state index in [0.29, 0.717) is 17.7 Å². The van der Waals surface area contributed by atoms with Crippen molar-refractivity contribution in [1.29, 1.82) is 0 Å². The van der Waals surface area contributed by atoms with Crippen molar-refractivity contribution in [2.75, 3.05) is 7.05 Å². The zero-order chi connectivity index (χ0) is 17.4. The number of carbonyl (C=O) groups is 2. The molecule has 126 valence electrons. The van der Waals surface area contributed by atoms with Gasteiger partial charge in [-0.15, -0.1) is 0 Å². The third-order valence-corrected chi connectivity index (χ3v) is 5.27. The fraction of sp³-hybridized carbons (Fsp3) is 0.158. The number of carbonyl (C=O) groups excluding carboxylic acids is 2. The van der Waals surface area contributed by atoms with Gasteiger partial charge in [0.25, 0.3) is 5.91 Å². The number of hydrogen-bond acceptors (Lipinski definition) is 5. The number of benzene rings is 2. The Morgan fingerprint density at radius 2 is 1.96 bits per heavy atom. The Labute approximate surface area is 149 Å². The molecule has 2 aliphatic rings. The van der Waals surface area contributed by atoms with Gasteiger partial charge in [-0.2, -0.15) is 0 Å². The highest BCUT2D eigenvalue weighted by molar-refractivity contribution is 7.97. The molecule has 1 atom stereocenters. The van der Waals surface area contributed by atoms with Crippen LogP contribution in [0.15, 0.2) is 65.4 Å². The first kappa shape index (κ1) is 15.9. The SMILES string of the molecule is CN1Sc2ccccc2C(=O)C1C(=O)NC1=COc2ccccc2C1. The van der Waals surface area contributed by atoms with Crippen molar-refractivity contribution >= 4 is 23.6 Å². The quantitative estimate of drug-likeness (QED) is 0.665. The topological polar surface area (TPSA) is 58.6 Å². The number of fused-ring (bicyclic) bond motifs is 2. The van der Waals surface area contributed by atoms with Crippen molar-refractivity contribution in [2.45, 2.75) is 17.4 Å². The van der Waals surface area contributed by atoms with Gasteiger partial charge in [-0.05, 0) is 31.1 Å². The molecule has 0 aliphatic carbocycles. The predicted octanol–water partition coefficient (Wildman–Crippen LogP) is 2.78. The first-order chi connectivity index (χ1) is 12.1. The standard InChI is InChI=1S/C19H16N2O3S/c1-21-17(18(22)14-7-3-5-9-16(14)25-21)19(23)20-13-10-12-6-2-4-8-15(12)24-11-13/h2-9,11,17H,10H2,1H3,(H,20,23). The number of Topliss-reactive ketones (excluding diaryl/α,β-unsaturated/α-hetero) is 1. The van der Waals surface area contributed by atoms with E-state index in [1.54, 1.807) is 17.4 Å². The van der Waals surface area contributed by atoms with E-state index in [-0.39, 0.29) is 11.7 Å². The van der Waals surface area contributed by atoms with Crippen LogP contribution in [0.5, 0.6) is 5.75 Å². The average molecular weight is 352 g/mol. The first-order valence-corrected chi connectivity index (χ1v) is 8.69. The summed E-state index contributed by atoms with van der Waals surface area (Å²) < 4.78 is 7.25. The van der Waals surface area contributed by atoms with Gasteiger partial charge in [-0.1, -0.05) is 36.4 Å². The summed E-state index contributed by atoms with van der Waals surface area (Å²) in [6.07, 6.45) is 2.10. The largest absolute Gasteiger partial charge is 0.463 e. The number of para-hydroxylation sites is 1. The van der Waals surface area contributed by atoms with Gasteiger partial charge in [0.05, 0.1) is 5.70 Å². The molecule has 1 N–H and O–H groups in total. The molecule has 1 unspecified atom stereocenters. The van der Waals surface area contributed by atoms with Gasteiger partial charge >= 0.3 is 0 Å². The minimum Gasteiger partial charge on any atom is -0.463 e. The van der Waals surface area contributed by atoms with Gasteiger partial charge in [0, 0.05) is 22.4 Å². The van der Waals surface area contributed by atoms with E-state index in [9.17, 15) is 9.59 Å². The van der Waals surface area contributed by atoms with Gasteiger partial charge in [0.2, 0.25) is 0 Å². The van der Waals surface area contributed by atoms with Crippen LogP contribution < -0.4 is 10.1 Å². The summed E-state index contributed by atoms with van der Waals surface area (Å²) in [7, 11) is 1.75. The molecule has 2 aromatic carbocycles. The Balaban J connectivity index is 1.52. The lowest BCUT2D eigenvalue weighted by molar-refractivity contribution is -0.122. The molecule has 1 amide bonds. The van der Waals surface area contributed by atoms with Crippen LogP contribution in [0.25, 0.3) is 0 Å². The first-order valence-electron chi connectivity index (χ1n) is 7.92. The number of nitrogens with zero attached hydrogens (tertiary/aromatic N) is 1. The summed E-state index contributed by atoms with van der Waals surface area (Å²) in [6, 6.07) is 14.2. The van der Waals surface area contributed by atoms with Crippen LogP contribution in [0.2, 0.25) is 0 Å². The zero-order valence-corrected chi connectivity index (χ0v) is 14.4. The van der Waals surface area contributed by atoms with Crippen LogP contribution >= 0.6 is 11.9 Å². The number of ether oxygens (including phenoxy) is 1. The number of rotatable bonds is 2. The summed E-state index contributed by atoms with van der Waals surface area (Å²) in [5.41, 5.74) is 2.24. The van der Waals surface area contributed by atoms with Crippen molar-refractivity contribution in [3.63, 3.8) is 0 Å². The van der Waals surface area contributed by atoms with Crippen LogP contribution in [0, 0.1) is 0 Å². The molecule has 6 heteroatoms. The fourth-order valence-corrected chi connectivity index (χ4v) is 4.01. The second-order valence-electron chi connectivity index (χ2n) is 5.94.